The van der Waals surface area contributed by atoms with E-state index < -0.39 is 0 Å². The van der Waals surface area contributed by atoms with E-state index in [9.17, 15) is 4.79 Å². The maximum atomic E-state index is 11.4. The van der Waals surface area contributed by atoms with Gasteiger partial charge in [0.25, 0.3) is 0 Å². The largest absolute Gasteiger partial charge is 0.428 e. The van der Waals surface area contributed by atoms with Gasteiger partial charge >= 0.3 is 5.97 Å². The summed E-state index contributed by atoms with van der Waals surface area (Å²) in [5.41, 5.74) is 0.432. The third-order valence-corrected chi connectivity index (χ3v) is 2.26. The lowest BCUT2D eigenvalue weighted by molar-refractivity contribution is -0.135. The molecular formula is C14H18O2. The molecule has 2 heteroatoms. The molecule has 0 saturated heterocycles. The van der Waals surface area contributed by atoms with Crippen molar-refractivity contribution in [2.45, 2.75) is 32.6 Å². The number of hydrogen-bond donors (Lipinski definition) is 0. The van der Waals surface area contributed by atoms with Crippen LogP contribution < -0.4 is 0 Å². The molecule has 1 aliphatic rings. The van der Waals surface area contributed by atoms with Crippen LogP contribution >= 0.6 is 0 Å². The van der Waals surface area contributed by atoms with Crippen LogP contribution in [0.15, 0.2) is 48.3 Å². The number of esters is 1. The Morgan fingerprint density at radius 1 is 1.31 bits per heavy atom. The van der Waals surface area contributed by atoms with Crippen molar-refractivity contribution in [1.82, 2.24) is 0 Å². The molecule has 0 aromatic carbocycles. The molecule has 0 saturated carbocycles. The lowest BCUT2D eigenvalue weighted by Gasteiger charge is -2.08. The fourth-order valence-corrected chi connectivity index (χ4v) is 1.34. The highest BCUT2D eigenvalue weighted by molar-refractivity contribution is 5.87. The highest BCUT2D eigenvalue weighted by atomic mass is 16.5. The highest BCUT2D eigenvalue weighted by Crippen LogP contribution is 2.14. The maximum Gasteiger partial charge on any atom is 0.338 e. The van der Waals surface area contributed by atoms with Gasteiger partial charge in [-0.15, -0.1) is 0 Å². The minimum atomic E-state index is -0.341. The molecule has 0 N–H and O–H groups in total. The lowest BCUT2D eigenvalue weighted by atomic mass is 10.1. The second-order valence-corrected chi connectivity index (χ2v) is 3.86. The molecule has 86 valence electrons. The second-order valence-electron chi connectivity index (χ2n) is 3.86. The van der Waals surface area contributed by atoms with Gasteiger partial charge in [-0.05, 0) is 32.3 Å². The summed E-state index contributed by atoms with van der Waals surface area (Å²) in [5.74, 6) is 0.381. The van der Waals surface area contributed by atoms with Crippen molar-refractivity contribution in [3.05, 3.63) is 48.3 Å². The number of carbonyl (C=O) groups excluding carboxylic acids is 1. The van der Waals surface area contributed by atoms with Gasteiger partial charge in [0.2, 0.25) is 0 Å². The number of allylic oxidation sites excluding steroid dienone is 6. The average molecular weight is 218 g/mol. The quantitative estimate of drug-likeness (QED) is 0.522. The standard InChI is InChI=1S/C14H18O2/c1-12(2)14(15)16-13-10-8-6-4-3-5-7-9-11-13/h3-4,6,8,10H,1,5,7,9,11H2,2H3/b4-3-,8-6+,13-10-. The Kier molecular flexibility index (Phi) is 5.34. The summed E-state index contributed by atoms with van der Waals surface area (Å²) >= 11 is 0. The van der Waals surface area contributed by atoms with Crippen LogP contribution in [0, 0.1) is 0 Å². The molecule has 0 atom stereocenters. The molecule has 0 aliphatic heterocycles. The van der Waals surface area contributed by atoms with Crippen LogP contribution in [0.4, 0.5) is 0 Å². The number of hydrogen-bond acceptors (Lipinski definition) is 2. The van der Waals surface area contributed by atoms with Crippen LogP contribution in [0.1, 0.15) is 32.6 Å². The van der Waals surface area contributed by atoms with Crippen LogP contribution in [-0.4, -0.2) is 5.97 Å². The summed E-state index contributed by atoms with van der Waals surface area (Å²) in [6.07, 6.45) is 13.9. The van der Waals surface area contributed by atoms with Crippen molar-refractivity contribution in [1.29, 1.82) is 0 Å². The predicted octanol–water partition coefficient (Wildman–Crippen LogP) is 3.68. The highest BCUT2D eigenvalue weighted by Gasteiger charge is 2.07. The van der Waals surface area contributed by atoms with Gasteiger partial charge in [-0.3, -0.25) is 0 Å². The van der Waals surface area contributed by atoms with Crippen molar-refractivity contribution in [3.8, 4) is 0 Å². The molecule has 0 spiro atoms. The van der Waals surface area contributed by atoms with Crippen LogP contribution in [0.2, 0.25) is 0 Å². The molecule has 0 radical (unpaired) electrons. The summed E-state index contributed by atoms with van der Waals surface area (Å²) in [4.78, 5) is 11.4. The molecule has 1 rings (SSSR count). The van der Waals surface area contributed by atoms with E-state index in [0.717, 1.165) is 31.4 Å². The zero-order chi connectivity index (χ0) is 11.8. The van der Waals surface area contributed by atoms with Gasteiger partial charge in [0.1, 0.15) is 5.76 Å². The first kappa shape index (κ1) is 12.5. The molecule has 0 bridgehead atoms. The maximum absolute atomic E-state index is 11.4. The fraction of sp³-hybridized carbons (Fsp3) is 0.357. The van der Waals surface area contributed by atoms with Crippen molar-refractivity contribution in [3.63, 3.8) is 0 Å². The molecule has 0 heterocycles. The topological polar surface area (TPSA) is 26.3 Å². The van der Waals surface area contributed by atoms with Crippen molar-refractivity contribution >= 4 is 5.97 Å². The van der Waals surface area contributed by atoms with E-state index in [0.29, 0.717) is 5.57 Å². The first-order chi connectivity index (χ1) is 7.70. The zero-order valence-electron chi connectivity index (χ0n) is 9.74. The molecule has 0 amide bonds. The Morgan fingerprint density at radius 2 is 2.12 bits per heavy atom. The van der Waals surface area contributed by atoms with E-state index in [1.165, 1.54) is 0 Å². The van der Waals surface area contributed by atoms with E-state index in [1.807, 2.05) is 24.3 Å². The van der Waals surface area contributed by atoms with Gasteiger partial charge in [-0.25, -0.2) is 4.79 Å². The Balaban J connectivity index is 2.64. The summed E-state index contributed by atoms with van der Waals surface area (Å²) in [5, 5.41) is 0. The van der Waals surface area contributed by atoms with E-state index in [1.54, 1.807) is 6.92 Å². The van der Waals surface area contributed by atoms with Crippen LogP contribution in [0.5, 0.6) is 0 Å². The van der Waals surface area contributed by atoms with Crippen LogP contribution in [0.3, 0.4) is 0 Å². The number of rotatable bonds is 2. The average Bonchev–Trinajstić information content (AvgIpc) is 2.27. The molecule has 0 aromatic heterocycles. The zero-order valence-corrected chi connectivity index (χ0v) is 9.74. The molecule has 16 heavy (non-hydrogen) atoms. The molecule has 2 nitrogen and oxygen atoms in total. The van der Waals surface area contributed by atoms with Gasteiger partial charge in [0.05, 0.1) is 0 Å². The van der Waals surface area contributed by atoms with E-state index in [4.69, 9.17) is 4.74 Å². The normalized spacial score (nSPS) is 23.7. The van der Waals surface area contributed by atoms with Crippen molar-refractivity contribution in [2.24, 2.45) is 0 Å². The minimum absolute atomic E-state index is 0.341. The Morgan fingerprint density at radius 3 is 2.88 bits per heavy atom. The second kappa shape index (κ2) is 6.83. The first-order valence-corrected chi connectivity index (χ1v) is 5.60. The first-order valence-electron chi connectivity index (χ1n) is 5.60. The van der Waals surface area contributed by atoms with Gasteiger partial charge in [0.15, 0.2) is 0 Å². The number of carbonyl (C=O) groups is 1. The van der Waals surface area contributed by atoms with Gasteiger partial charge < -0.3 is 4.74 Å². The van der Waals surface area contributed by atoms with Gasteiger partial charge in [-0.1, -0.05) is 30.9 Å². The van der Waals surface area contributed by atoms with Gasteiger partial charge in [-0.2, -0.15) is 0 Å². The van der Waals surface area contributed by atoms with E-state index in [-0.39, 0.29) is 5.97 Å². The Labute approximate surface area is 97.0 Å². The summed E-state index contributed by atoms with van der Waals surface area (Å²) < 4.78 is 5.23. The summed E-state index contributed by atoms with van der Waals surface area (Å²) in [7, 11) is 0. The minimum Gasteiger partial charge on any atom is -0.428 e. The van der Waals surface area contributed by atoms with Crippen molar-refractivity contribution < 1.29 is 9.53 Å². The molecule has 0 fully saturated rings. The molecule has 1 aliphatic carbocycles. The van der Waals surface area contributed by atoms with E-state index >= 15 is 0 Å². The van der Waals surface area contributed by atoms with Crippen molar-refractivity contribution in [2.75, 3.05) is 0 Å². The SMILES string of the molecule is C=C(C)C(=O)O\C1=C/C=C/C=C\CCCC1. The molecular weight excluding hydrogens is 200 g/mol. The smallest absolute Gasteiger partial charge is 0.338 e. The Hall–Kier alpha value is -1.57. The summed E-state index contributed by atoms with van der Waals surface area (Å²) in [6.45, 7) is 5.22. The predicted molar refractivity (Wildman–Crippen MR) is 65.7 cm³/mol. The van der Waals surface area contributed by atoms with Crippen LogP contribution in [-0.2, 0) is 9.53 Å². The van der Waals surface area contributed by atoms with Gasteiger partial charge in [0, 0.05) is 12.0 Å². The summed E-state index contributed by atoms with van der Waals surface area (Å²) in [6, 6.07) is 0. The fourth-order valence-electron chi connectivity index (χ4n) is 1.34. The monoisotopic (exact) mass is 218 g/mol. The van der Waals surface area contributed by atoms with E-state index in [2.05, 4.69) is 12.7 Å². The lowest BCUT2D eigenvalue weighted by Crippen LogP contribution is -2.05. The molecule has 0 unspecified atom stereocenters. The third-order valence-electron chi connectivity index (χ3n) is 2.26. The number of ether oxygens (including phenoxy) is 1. The third kappa shape index (κ3) is 4.78. The van der Waals surface area contributed by atoms with Crippen LogP contribution in [0.25, 0.3) is 0 Å². The molecule has 0 aromatic rings. The Bertz CT molecular complexity index is 346.